The summed E-state index contributed by atoms with van der Waals surface area (Å²) in [4.78, 5) is 0. The van der Waals surface area contributed by atoms with Crippen molar-refractivity contribution in [2.45, 2.75) is 12.8 Å². The average molecular weight is 348 g/mol. The zero-order chi connectivity index (χ0) is 16.9. The molecule has 0 amide bonds. The summed E-state index contributed by atoms with van der Waals surface area (Å²) in [5.41, 5.74) is 2.52. The van der Waals surface area contributed by atoms with Crippen LogP contribution in [0.25, 0.3) is 0 Å². The van der Waals surface area contributed by atoms with E-state index in [2.05, 4.69) is 34.9 Å². The van der Waals surface area contributed by atoms with Crippen LogP contribution in [0.15, 0.2) is 60.7 Å². The van der Waals surface area contributed by atoms with Crippen molar-refractivity contribution in [2.24, 2.45) is 0 Å². The number of benzene rings is 2. The van der Waals surface area contributed by atoms with Crippen LogP contribution in [0.4, 0.5) is 0 Å². The Balaban J connectivity index is 1.42. The van der Waals surface area contributed by atoms with Gasteiger partial charge in [0.1, 0.15) is 13.5 Å². The first kappa shape index (κ1) is 18.8. The third kappa shape index (κ3) is 8.39. The van der Waals surface area contributed by atoms with E-state index in [0.717, 1.165) is 25.9 Å². The summed E-state index contributed by atoms with van der Waals surface area (Å²) in [5.74, 6) is 0. The first-order valence-electron chi connectivity index (χ1n) is 8.13. The third-order valence-corrected chi connectivity index (χ3v) is 4.21. The predicted octanol–water partition coefficient (Wildman–Crippen LogP) is 2.99. The molecule has 0 spiro atoms. The van der Waals surface area contributed by atoms with Gasteiger partial charge in [-0.2, -0.15) is 0 Å². The van der Waals surface area contributed by atoms with Crippen molar-refractivity contribution in [3.8, 4) is 0 Å². The minimum Gasteiger partial charge on any atom is -0.295 e. The fraction of sp³-hybridized carbons (Fsp3) is 0.333. The molecule has 0 aliphatic carbocycles. The quantitative estimate of drug-likeness (QED) is 0.351. The molecule has 130 valence electrons. The van der Waals surface area contributed by atoms with Crippen molar-refractivity contribution in [2.75, 3.05) is 26.6 Å². The van der Waals surface area contributed by atoms with Crippen LogP contribution in [0.5, 0.6) is 0 Å². The minimum atomic E-state index is -2.45. The van der Waals surface area contributed by atoms with E-state index < -0.39 is 8.25 Å². The molecular weight excluding hydrogens is 323 g/mol. The van der Waals surface area contributed by atoms with Gasteiger partial charge in [0, 0.05) is 13.1 Å². The molecule has 0 aliphatic heterocycles. The van der Waals surface area contributed by atoms with Crippen molar-refractivity contribution in [1.82, 2.24) is 10.6 Å². The van der Waals surface area contributed by atoms with E-state index in [1.807, 2.05) is 36.4 Å². The fourth-order valence-corrected chi connectivity index (χ4v) is 2.68. The maximum atomic E-state index is 11.6. The highest BCUT2D eigenvalue weighted by Gasteiger charge is 1.99. The molecule has 0 heterocycles. The molecule has 0 radical (unpaired) electrons. The van der Waals surface area contributed by atoms with Crippen LogP contribution < -0.4 is 10.6 Å². The summed E-state index contributed by atoms with van der Waals surface area (Å²) < 4.78 is 21.8. The number of rotatable bonds is 12. The zero-order valence-corrected chi connectivity index (χ0v) is 14.7. The molecule has 0 aromatic heterocycles. The van der Waals surface area contributed by atoms with Gasteiger partial charge in [0.15, 0.2) is 0 Å². The lowest BCUT2D eigenvalue weighted by molar-refractivity contribution is 0.202. The Hall–Kier alpha value is -1.49. The van der Waals surface area contributed by atoms with E-state index in [1.165, 1.54) is 11.1 Å². The molecular formula is C18H25N2O3P. The monoisotopic (exact) mass is 348 g/mol. The smallest absolute Gasteiger partial charge is 0.295 e. The van der Waals surface area contributed by atoms with E-state index in [4.69, 9.17) is 9.05 Å². The van der Waals surface area contributed by atoms with E-state index >= 15 is 0 Å². The predicted molar refractivity (Wildman–Crippen MR) is 97.2 cm³/mol. The lowest BCUT2D eigenvalue weighted by Gasteiger charge is -2.08. The first-order valence-corrected chi connectivity index (χ1v) is 9.36. The van der Waals surface area contributed by atoms with Gasteiger partial charge in [0.05, 0.1) is 0 Å². The molecule has 0 atom stereocenters. The van der Waals surface area contributed by atoms with Gasteiger partial charge >= 0.3 is 8.25 Å². The van der Waals surface area contributed by atoms with Crippen molar-refractivity contribution < 1.29 is 13.6 Å². The highest BCUT2D eigenvalue weighted by Crippen LogP contribution is 2.21. The second-order valence-electron chi connectivity index (χ2n) is 5.30. The summed E-state index contributed by atoms with van der Waals surface area (Å²) in [5, 5.41) is 6.18. The van der Waals surface area contributed by atoms with E-state index in [1.54, 1.807) is 0 Å². The molecule has 0 bridgehead atoms. The van der Waals surface area contributed by atoms with Crippen LogP contribution in [-0.4, -0.2) is 26.6 Å². The zero-order valence-electron chi connectivity index (χ0n) is 13.7. The van der Waals surface area contributed by atoms with Crippen molar-refractivity contribution in [1.29, 1.82) is 0 Å². The largest absolute Gasteiger partial charge is 0.321 e. The van der Waals surface area contributed by atoms with Crippen molar-refractivity contribution in [3.63, 3.8) is 0 Å². The number of hydrogen-bond donors (Lipinski definition) is 2. The van der Waals surface area contributed by atoms with Crippen molar-refractivity contribution >= 4 is 8.25 Å². The molecule has 0 saturated heterocycles. The van der Waals surface area contributed by atoms with Gasteiger partial charge in [-0.3, -0.25) is 24.2 Å². The number of nitrogens with one attached hydrogen (secondary N) is 2. The second kappa shape index (κ2) is 12.0. The van der Waals surface area contributed by atoms with E-state index in [9.17, 15) is 4.57 Å². The van der Waals surface area contributed by atoms with Gasteiger partial charge in [-0.1, -0.05) is 60.7 Å². The molecule has 0 saturated carbocycles. The molecule has 24 heavy (non-hydrogen) atoms. The topological polar surface area (TPSA) is 59.6 Å². The average Bonchev–Trinajstić information content (AvgIpc) is 2.63. The van der Waals surface area contributed by atoms with Crippen LogP contribution in [0.1, 0.15) is 11.1 Å². The lowest BCUT2D eigenvalue weighted by atomic mass is 10.2. The lowest BCUT2D eigenvalue weighted by Crippen LogP contribution is -2.21. The maximum absolute atomic E-state index is 11.6. The van der Waals surface area contributed by atoms with Gasteiger partial charge in [-0.15, -0.1) is 0 Å². The molecule has 2 aromatic rings. The van der Waals surface area contributed by atoms with Crippen molar-refractivity contribution in [3.05, 3.63) is 71.8 Å². The molecule has 6 heteroatoms. The Bertz CT molecular complexity index is 530. The Labute approximate surface area is 144 Å². The molecule has 2 N–H and O–H groups in total. The Morgan fingerprint density at radius 1 is 0.708 bits per heavy atom. The molecule has 2 rings (SSSR count). The summed E-state index contributed by atoms with van der Waals surface area (Å²) in [6.45, 7) is 2.01. The molecule has 2 aromatic carbocycles. The SMILES string of the molecule is O=[PH](OCNCCc1ccccc1)OCNCCc1ccccc1. The standard InChI is InChI=1S/C18H25N2O3P/c21-24(22-15-19-13-11-17-7-3-1-4-8-17)23-16-20-14-12-18-9-5-2-6-10-18/h1-10,19-20,24H,11-16H2. The minimum absolute atomic E-state index is 0.231. The highest BCUT2D eigenvalue weighted by molar-refractivity contribution is 7.33. The van der Waals surface area contributed by atoms with Gasteiger partial charge < -0.3 is 0 Å². The summed E-state index contributed by atoms with van der Waals surface area (Å²) in [6, 6.07) is 20.4. The molecule has 5 nitrogen and oxygen atoms in total. The van der Waals surface area contributed by atoms with Gasteiger partial charge in [0.25, 0.3) is 0 Å². The summed E-state index contributed by atoms with van der Waals surface area (Å²) in [7, 11) is -2.45. The highest BCUT2D eigenvalue weighted by atomic mass is 31.1. The third-order valence-electron chi connectivity index (χ3n) is 3.45. The number of hydrogen-bond acceptors (Lipinski definition) is 5. The molecule has 0 fully saturated rings. The fourth-order valence-electron chi connectivity index (χ4n) is 2.16. The van der Waals surface area contributed by atoms with E-state index in [-0.39, 0.29) is 13.5 Å². The van der Waals surface area contributed by atoms with Gasteiger partial charge in [-0.05, 0) is 24.0 Å². The molecule has 0 aliphatic rings. The second-order valence-corrected chi connectivity index (χ2v) is 6.38. The normalized spacial score (nSPS) is 11.0. The van der Waals surface area contributed by atoms with Crippen LogP contribution in [0.2, 0.25) is 0 Å². The van der Waals surface area contributed by atoms with Crippen LogP contribution in [-0.2, 0) is 26.5 Å². The van der Waals surface area contributed by atoms with Crippen LogP contribution >= 0.6 is 8.25 Å². The Kier molecular flexibility index (Phi) is 9.39. The summed E-state index contributed by atoms with van der Waals surface area (Å²) >= 11 is 0. The van der Waals surface area contributed by atoms with E-state index in [0.29, 0.717) is 0 Å². The van der Waals surface area contributed by atoms with Crippen LogP contribution in [0.3, 0.4) is 0 Å². The van der Waals surface area contributed by atoms with Gasteiger partial charge in [-0.25, -0.2) is 0 Å². The Morgan fingerprint density at radius 3 is 1.54 bits per heavy atom. The maximum Gasteiger partial charge on any atom is 0.321 e. The van der Waals surface area contributed by atoms with Crippen LogP contribution in [0, 0.1) is 0 Å². The van der Waals surface area contributed by atoms with Gasteiger partial charge in [0.2, 0.25) is 0 Å². The summed E-state index contributed by atoms with van der Waals surface area (Å²) in [6.07, 6.45) is 1.82. The Morgan fingerprint density at radius 2 is 1.12 bits per heavy atom. The first-order chi connectivity index (χ1) is 11.8. The molecule has 0 unspecified atom stereocenters.